The number of ether oxygens (including phenoxy) is 2. The standard InChI is InChI=1S/C27H36N2O4/c1-4-25(27(31)28-22-10-6-5-7-11-22)29(18-21-13-15-23(32-3)16-14-21)26(30)19-33-24-12-8-9-20(2)17-24/h8-9,12-17,22,25H,4-7,10-11,18-19H2,1-3H3,(H,28,31)/t25-/m1/s1. The molecule has 0 radical (unpaired) electrons. The summed E-state index contributed by atoms with van der Waals surface area (Å²) in [5, 5.41) is 3.20. The molecule has 1 N–H and O–H groups in total. The summed E-state index contributed by atoms with van der Waals surface area (Å²) >= 11 is 0. The highest BCUT2D eigenvalue weighted by Crippen LogP contribution is 2.20. The molecule has 2 aromatic carbocycles. The van der Waals surface area contributed by atoms with Crippen molar-refractivity contribution in [2.75, 3.05) is 13.7 Å². The van der Waals surface area contributed by atoms with Crippen molar-refractivity contribution in [3.63, 3.8) is 0 Å². The molecule has 178 valence electrons. The van der Waals surface area contributed by atoms with E-state index in [9.17, 15) is 9.59 Å². The van der Waals surface area contributed by atoms with Gasteiger partial charge in [-0.2, -0.15) is 0 Å². The number of hydrogen-bond acceptors (Lipinski definition) is 4. The van der Waals surface area contributed by atoms with Gasteiger partial charge in [-0.3, -0.25) is 9.59 Å². The van der Waals surface area contributed by atoms with Crippen molar-refractivity contribution in [2.45, 2.75) is 71.0 Å². The molecule has 1 aliphatic rings. The third kappa shape index (κ3) is 7.24. The van der Waals surface area contributed by atoms with Gasteiger partial charge in [0.15, 0.2) is 6.61 Å². The molecule has 2 aromatic rings. The molecule has 3 rings (SSSR count). The van der Waals surface area contributed by atoms with E-state index >= 15 is 0 Å². The van der Waals surface area contributed by atoms with Gasteiger partial charge < -0.3 is 19.7 Å². The minimum atomic E-state index is -0.553. The first-order valence-corrected chi connectivity index (χ1v) is 11.9. The molecule has 1 aliphatic carbocycles. The van der Waals surface area contributed by atoms with Crippen LogP contribution in [0.5, 0.6) is 11.5 Å². The fourth-order valence-electron chi connectivity index (χ4n) is 4.32. The summed E-state index contributed by atoms with van der Waals surface area (Å²) in [4.78, 5) is 28.2. The molecule has 2 amide bonds. The molecule has 6 heteroatoms. The third-order valence-corrected chi connectivity index (χ3v) is 6.20. The van der Waals surface area contributed by atoms with Crippen LogP contribution in [0.4, 0.5) is 0 Å². The first kappa shape index (κ1) is 24.6. The van der Waals surface area contributed by atoms with E-state index in [0.717, 1.165) is 42.6 Å². The lowest BCUT2D eigenvalue weighted by atomic mass is 9.95. The van der Waals surface area contributed by atoms with E-state index in [0.29, 0.717) is 18.7 Å². The SMILES string of the molecule is CC[C@H](C(=O)NC1CCCCC1)N(Cc1ccc(OC)cc1)C(=O)COc1cccc(C)c1. The molecule has 0 saturated heterocycles. The van der Waals surface area contributed by atoms with Crippen molar-refractivity contribution in [3.8, 4) is 11.5 Å². The second-order valence-electron chi connectivity index (χ2n) is 8.74. The number of nitrogens with one attached hydrogen (secondary N) is 1. The Morgan fingerprint density at radius 3 is 2.42 bits per heavy atom. The van der Waals surface area contributed by atoms with E-state index < -0.39 is 6.04 Å². The highest BCUT2D eigenvalue weighted by molar-refractivity contribution is 5.88. The van der Waals surface area contributed by atoms with Crippen molar-refractivity contribution in [1.82, 2.24) is 10.2 Å². The summed E-state index contributed by atoms with van der Waals surface area (Å²) < 4.78 is 11.0. The zero-order chi connectivity index (χ0) is 23.6. The first-order valence-electron chi connectivity index (χ1n) is 11.9. The van der Waals surface area contributed by atoms with Gasteiger partial charge in [0.2, 0.25) is 5.91 Å². The summed E-state index contributed by atoms with van der Waals surface area (Å²) in [7, 11) is 1.62. The van der Waals surface area contributed by atoms with Crippen molar-refractivity contribution >= 4 is 11.8 Å². The molecule has 0 spiro atoms. The Balaban J connectivity index is 1.75. The molecule has 0 bridgehead atoms. The maximum Gasteiger partial charge on any atom is 0.261 e. The molecular formula is C27H36N2O4. The summed E-state index contributed by atoms with van der Waals surface area (Å²) in [6.07, 6.45) is 6.05. The van der Waals surface area contributed by atoms with Gasteiger partial charge in [-0.25, -0.2) is 0 Å². The van der Waals surface area contributed by atoms with Gasteiger partial charge in [-0.15, -0.1) is 0 Å². The first-order chi connectivity index (χ1) is 16.0. The van der Waals surface area contributed by atoms with Crippen LogP contribution in [0.25, 0.3) is 0 Å². The number of rotatable bonds is 10. The van der Waals surface area contributed by atoms with E-state index in [1.807, 2.05) is 62.4 Å². The Morgan fingerprint density at radius 1 is 1.06 bits per heavy atom. The Bertz CT molecular complexity index is 907. The van der Waals surface area contributed by atoms with Crippen LogP contribution in [0.1, 0.15) is 56.6 Å². The van der Waals surface area contributed by atoms with Crippen LogP contribution in [0.15, 0.2) is 48.5 Å². The highest BCUT2D eigenvalue weighted by Gasteiger charge is 2.30. The van der Waals surface area contributed by atoms with E-state index in [1.54, 1.807) is 12.0 Å². The summed E-state index contributed by atoms with van der Waals surface area (Å²) in [6, 6.07) is 14.8. The largest absolute Gasteiger partial charge is 0.497 e. The number of hydrogen-bond donors (Lipinski definition) is 1. The Morgan fingerprint density at radius 2 is 1.79 bits per heavy atom. The summed E-state index contributed by atoms with van der Waals surface area (Å²) in [6.45, 7) is 4.14. The van der Waals surface area contributed by atoms with Crippen molar-refractivity contribution < 1.29 is 19.1 Å². The molecule has 1 fully saturated rings. The van der Waals surface area contributed by atoms with Gasteiger partial charge in [0.25, 0.3) is 5.91 Å². The molecule has 1 atom stereocenters. The molecule has 33 heavy (non-hydrogen) atoms. The van der Waals surface area contributed by atoms with Crippen LogP contribution in [0.2, 0.25) is 0 Å². The number of aryl methyl sites for hydroxylation is 1. The van der Waals surface area contributed by atoms with E-state index in [1.165, 1.54) is 6.42 Å². The van der Waals surface area contributed by atoms with Gasteiger partial charge in [-0.05, 0) is 61.6 Å². The Kier molecular flexibility index (Phi) is 9.16. The lowest BCUT2D eigenvalue weighted by molar-refractivity contribution is -0.143. The monoisotopic (exact) mass is 452 g/mol. The number of amides is 2. The lowest BCUT2D eigenvalue weighted by Crippen LogP contribution is -2.52. The normalized spacial score (nSPS) is 14.9. The number of nitrogens with zero attached hydrogens (tertiary/aromatic N) is 1. The Hall–Kier alpha value is -3.02. The highest BCUT2D eigenvalue weighted by atomic mass is 16.5. The van der Waals surface area contributed by atoms with Crippen molar-refractivity contribution in [2.24, 2.45) is 0 Å². The fraction of sp³-hybridized carbons (Fsp3) is 0.481. The minimum absolute atomic E-state index is 0.0817. The zero-order valence-corrected chi connectivity index (χ0v) is 20.0. The van der Waals surface area contributed by atoms with Crippen molar-refractivity contribution in [3.05, 3.63) is 59.7 Å². The van der Waals surface area contributed by atoms with E-state index in [-0.39, 0.29) is 24.5 Å². The molecule has 0 unspecified atom stereocenters. The molecular weight excluding hydrogens is 416 g/mol. The number of carbonyl (C=O) groups is 2. The Labute approximate surface area is 197 Å². The summed E-state index contributed by atoms with van der Waals surface area (Å²) in [5.41, 5.74) is 2.00. The van der Waals surface area contributed by atoms with Crippen LogP contribution in [0, 0.1) is 6.92 Å². The maximum atomic E-state index is 13.3. The molecule has 0 aromatic heterocycles. The maximum absolute atomic E-state index is 13.3. The van der Waals surface area contributed by atoms with Gasteiger partial charge >= 0.3 is 0 Å². The quantitative estimate of drug-likeness (QED) is 0.570. The van der Waals surface area contributed by atoms with E-state index in [4.69, 9.17) is 9.47 Å². The molecule has 6 nitrogen and oxygen atoms in total. The van der Waals surface area contributed by atoms with E-state index in [2.05, 4.69) is 5.32 Å². The summed E-state index contributed by atoms with van der Waals surface area (Å²) in [5.74, 6) is 1.11. The predicted molar refractivity (Wildman–Crippen MR) is 129 cm³/mol. The van der Waals surface area contributed by atoms with Crippen LogP contribution < -0.4 is 14.8 Å². The number of benzene rings is 2. The second-order valence-corrected chi connectivity index (χ2v) is 8.74. The predicted octanol–water partition coefficient (Wildman–Crippen LogP) is 4.64. The molecule has 0 heterocycles. The number of methoxy groups -OCH3 is 1. The third-order valence-electron chi connectivity index (χ3n) is 6.20. The smallest absolute Gasteiger partial charge is 0.261 e. The zero-order valence-electron chi connectivity index (χ0n) is 20.0. The number of carbonyl (C=O) groups excluding carboxylic acids is 2. The van der Waals surface area contributed by atoms with Gasteiger partial charge in [0.1, 0.15) is 17.5 Å². The minimum Gasteiger partial charge on any atom is -0.497 e. The topological polar surface area (TPSA) is 67.9 Å². The molecule has 0 aliphatic heterocycles. The van der Waals surface area contributed by atoms with Gasteiger partial charge in [0, 0.05) is 12.6 Å². The second kappa shape index (κ2) is 12.3. The average molecular weight is 453 g/mol. The van der Waals surface area contributed by atoms with Crippen molar-refractivity contribution in [1.29, 1.82) is 0 Å². The average Bonchev–Trinajstić information content (AvgIpc) is 2.83. The van der Waals surface area contributed by atoms with Crippen LogP contribution in [-0.2, 0) is 16.1 Å². The fourth-order valence-corrected chi connectivity index (χ4v) is 4.32. The van der Waals surface area contributed by atoms with Gasteiger partial charge in [0.05, 0.1) is 7.11 Å². The van der Waals surface area contributed by atoms with Gasteiger partial charge in [-0.1, -0.05) is 50.5 Å². The lowest BCUT2D eigenvalue weighted by Gasteiger charge is -2.32. The molecule has 1 saturated carbocycles. The van der Waals surface area contributed by atoms with Crippen LogP contribution in [0.3, 0.4) is 0 Å². The van der Waals surface area contributed by atoms with Crippen LogP contribution >= 0.6 is 0 Å². The van der Waals surface area contributed by atoms with Crippen LogP contribution in [-0.4, -0.2) is 42.5 Å².